The van der Waals surface area contributed by atoms with Gasteiger partial charge in [-0.2, -0.15) is 0 Å². The lowest BCUT2D eigenvalue weighted by Crippen LogP contribution is -2.29. The van der Waals surface area contributed by atoms with Crippen LogP contribution in [0.1, 0.15) is 181 Å². The Kier molecular flexibility index (Phi) is 38.1. The first-order valence-corrected chi connectivity index (χ1v) is 22.6. The van der Waals surface area contributed by atoms with E-state index in [1.807, 2.05) is 0 Å². The van der Waals surface area contributed by atoms with Crippen LogP contribution in [-0.2, 0) is 32.7 Å². The maximum atomic E-state index is 12.6. The first-order chi connectivity index (χ1) is 25.8. The molecule has 10 heteroatoms. The lowest BCUT2D eigenvalue weighted by molar-refractivity contribution is -0.161. The normalized spacial score (nSPS) is 13.8. The molecule has 9 nitrogen and oxygen atoms in total. The summed E-state index contributed by atoms with van der Waals surface area (Å²) in [5.41, 5.74) is 5.34. The molecule has 1 unspecified atom stereocenters. The molecule has 0 aromatic heterocycles. The van der Waals surface area contributed by atoms with Gasteiger partial charge in [-0.25, -0.2) is 4.57 Å². The van der Waals surface area contributed by atoms with Crippen molar-refractivity contribution in [3.63, 3.8) is 0 Å². The second-order valence-electron chi connectivity index (χ2n) is 13.8. The van der Waals surface area contributed by atoms with Crippen molar-refractivity contribution in [2.45, 2.75) is 187 Å². The Labute approximate surface area is 324 Å². The molecule has 3 N–H and O–H groups in total. The predicted molar refractivity (Wildman–Crippen MR) is 220 cm³/mol. The van der Waals surface area contributed by atoms with Crippen LogP contribution in [0.25, 0.3) is 0 Å². The van der Waals surface area contributed by atoms with Crippen LogP contribution < -0.4 is 5.73 Å². The van der Waals surface area contributed by atoms with Gasteiger partial charge in [0.25, 0.3) is 0 Å². The van der Waals surface area contributed by atoms with Gasteiger partial charge in [-0.1, -0.05) is 146 Å². The molecule has 0 spiro atoms. The Balaban J connectivity index is 4.22. The fourth-order valence-corrected chi connectivity index (χ4v) is 6.27. The molecule has 0 aromatic carbocycles. The zero-order valence-corrected chi connectivity index (χ0v) is 34.6. The monoisotopic (exact) mass is 768 g/mol. The van der Waals surface area contributed by atoms with Gasteiger partial charge in [-0.05, 0) is 70.6 Å². The molecule has 0 aromatic rings. The molecule has 0 saturated heterocycles. The van der Waals surface area contributed by atoms with E-state index in [4.69, 9.17) is 24.3 Å². The van der Waals surface area contributed by atoms with Gasteiger partial charge in [-0.3, -0.25) is 18.6 Å². The molecule has 0 fully saturated rings. The van der Waals surface area contributed by atoms with Crippen LogP contribution in [0.5, 0.6) is 0 Å². The highest BCUT2D eigenvalue weighted by molar-refractivity contribution is 7.47. The SMILES string of the molecule is CCCC/C=C/CCCCCCCCCCCC(=O)OC[C@H](COP(=O)(O)OCCN)OC(=O)CCCCCC/C=C/C/C=C/C/C=C/CCCCC. The number of allylic oxidation sites excluding steroid dienone is 8. The third-order valence-corrected chi connectivity index (χ3v) is 9.67. The van der Waals surface area contributed by atoms with Crippen molar-refractivity contribution in [1.82, 2.24) is 0 Å². The summed E-state index contributed by atoms with van der Waals surface area (Å²) in [5.74, 6) is -0.858. The van der Waals surface area contributed by atoms with Crippen LogP contribution in [-0.4, -0.2) is 49.3 Å². The quantitative estimate of drug-likeness (QED) is 0.0271. The smallest absolute Gasteiger partial charge is 0.462 e. The third kappa shape index (κ3) is 39.5. The van der Waals surface area contributed by atoms with Gasteiger partial charge in [0, 0.05) is 19.4 Å². The maximum Gasteiger partial charge on any atom is 0.472 e. The highest BCUT2D eigenvalue weighted by Gasteiger charge is 2.26. The number of nitrogens with two attached hydrogens (primary N) is 1. The van der Waals surface area contributed by atoms with Crippen molar-refractivity contribution in [2.24, 2.45) is 5.73 Å². The summed E-state index contributed by atoms with van der Waals surface area (Å²) >= 11 is 0. The average molecular weight is 768 g/mol. The molecule has 0 bridgehead atoms. The Morgan fingerprint density at radius 2 is 1.00 bits per heavy atom. The summed E-state index contributed by atoms with van der Waals surface area (Å²) in [5, 5.41) is 0. The fourth-order valence-electron chi connectivity index (χ4n) is 5.50. The van der Waals surface area contributed by atoms with Crippen LogP contribution in [0, 0.1) is 0 Å². The molecular formula is C43H78NO8P. The lowest BCUT2D eigenvalue weighted by atomic mass is 10.1. The highest BCUT2D eigenvalue weighted by atomic mass is 31.2. The fraction of sp³-hybridized carbons (Fsp3) is 0.767. The molecule has 0 aliphatic carbocycles. The van der Waals surface area contributed by atoms with E-state index in [0.717, 1.165) is 57.8 Å². The second kappa shape index (κ2) is 39.7. The molecule has 0 amide bonds. The number of hydrogen-bond donors (Lipinski definition) is 2. The number of phosphoric acid groups is 1. The first-order valence-electron chi connectivity index (χ1n) is 21.1. The molecule has 0 aliphatic heterocycles. The van der Waals surface area contributed by atoms with Gasteiger partial charge in [0.2, 0.25) is 0 Å². The molecule has 308 valence electrons. The minimum atomic E-state index is -4.38. The van der Waals surface area contributed by atoms with Crippen molar-refractivity contribution in [3.05, 3.63) is 48.6 Å². The Morgan fingerprint density at radius 3 is 1.53 bits per heavy atom. The summed E-state index contributed by atoms with van der Waals surface area (Å²) in [6.45, 7) is 3.64. The number of esters is 2. The van der Waals surface area contributed by atoms with E-state index in [2.05, 4.69) is 62.5 Å². The number of ether oxygens (including phenoxy) is 2. The zero-order chi connectivity index (χ0) is 38.9. The van der Waals surface area contributed by atoms with E-state index in [-0.39, 0.29) is 32.6 Å². The van der Waals surface area contributed by atoms with E-state index in [9.17, 15) is 19.0 Å². The first kappa shape index (κ1) is 51.0. The van der Waals surface area contributed by atoms with E-state index >= 15 is 0 Å². The van der Waals surface area contributed by atoms with Gasteiger partial charge >= 0.3 is 19.8 Å². The van der Waals surface area contributed by atoms with Crippen molar-refractivity contribution in [1.29, 1.82) is 0 Å². The Hall–Kier alpha value is -2.03. The van der Waals surface area contributed by atoms with Gasteiger partial charge < -0.3 is 20.1 Å². The van der Waals surface area contributed by atoms with Gasteiger partial charge in [-0.15, -0.1) is 0 Å². The maximum absolute atomic E-state index is 12.6. The van der Waals surface area contributed by atoms with Crippen LogP contribution in [0.4, 0.5) is 0 Å². The molecule has 2 atom stereocenters. The molecule has 53 heavy (non-hydrogen) atoms. The van der Waals surface area contributed by atoms with Gasteiger partial charge in [0.1, 0.15) is 6.61 Å². The van der Waals surface area contributed by atoms with Gasteiger partial charge in [0.05, 0.1) is 13.2 Å². The number of phosphoric ester groups is 1. The van der Waals surface area contributed by atoms with E-state index in [1.165, 1.54) is 89.9 Å². The standard InChI is InChI=1S/C43H78NO8P/c1-3-5-7-9-11-13-15-17-19-20-22-24-26-28-30-32-34-36-43(46)52-41(40-51-53(47,48)50-38-37-44)39-49-42(45)35-33-31-29-27-25-23-21-18-16-14-12-10-8-6-4-2/h10-13,17,19,22,24,41H,3-9,14-16,18,20-21,23,25-40,44H2,1-2H3,(H,47,48)/b12-10+,13-11+,19-17+,24-22+/t41-/m1/s1. The largest absolute Gasteiger partial charge is 0.472 e. The highest BCUT2D eigenvalue weighted by Crippen LogP contribution is 2.43. The number of unbranched alkanes of at least 4 members (excludes halogenated alkanes) is 18. The Bertz CT molecular complexity index is 1010. The number of hydrogen-bond acceptors (Lipinski definition) is 8. The van der Waals surface area contributed by atoms with E-state index in [1.54, 1.807) is 0 Å². The van der Waals surface area contributed by atoms with Crippen LogP contribution in [0.2, 0.25) is 0 Å². The molecule has 0 radical (unpaired) electrons. The Morgan fingerprint density at radius 1 is 0.566 bits per heavy atom. The van der Waals surface area contributed by atoms with E-state index < -0.39 is 32.5 Å². The van der Waals surface area contributed by atoms with Crippen molar-refractivity contribution >= 4 is 19.8 Å². The average Bonchev–Trinajstić information content (AvgIpc) is 3.14. The second-order valence-corrected chi connectivity index (χ2v) is 15.3. The summed E-state index contributed by atoms with van der Waals surface area (Å²) in [6.07, 6.45) is 44.2. The number of rotatable bonds is 39. The van der Waals surface area contributed by atoms with Gasteiger partial charge in [0.15, 0.2) is 6.10 Å². The van der Waals surface area contributed by atoms with Crippen LogP contribution >= 0.6 is 7.82 Å². The van der Waals surface area contributed by atoms with E-state index in [0.29, 0.717) is 6.42 Å². The predicted octanol–water partition coefficient (Wildman–Crippen LogP) is 11.9. The summed E-state index contributed by atoms with van der Waals surface area (Å²) < 4.78 is 32.7. The molecule has 0 rings (SSSR count). The summed E-state index contributed by atoms with van der Waals surface area (Å²) in [6, 6.07) is 0. The van der Waals surface area contributed by atoms with Crippen LogP contribution in [0.15, 0.2) is 48.6 Å². The topological polar surface area (TPSA) is 134 Å². The van der Waals surface area contributed by atoms with Crippen molar-refractivity contribution < 1.29 is 37.6 Å². The van der Waals surface area contributed by atoms with Crippen LogP contribution in [0.3, 0.4) is 0 Å². The third-order valence-electron chi connectivity index (χ3n) is 8.69. The van der Waals surface area contributed by atoms with Crippen molar-refractivity contribution in [3.8, 4) is 0 Å². The zero-order valence-electron chi connectivity index (χ0n) is 33.7. The number of carbonyl (C=O) groups is 2. The van der Waals surface area contributed by atoms with Crippen molar-refractivity contribution in [2.75, 3.05) is 26.4 Å². The number of carbonyl (C=O) groups excluding carboxylic acids is 2. The molecule has 0 heterocycles. The minimum Gasteiger partial charge on any atom is -0.462 e. The summed E-state index contributed by atoms with van der Waals surface area (Å²) in [7, 11) is -4.38. The summed E-state index contributed by atoms with van der Waals surface area (Å²) in [4.78, 5) is 34.8. The molecular weight excluding hydrogens is 689 g/mol. The lowest BCUT2D eigenvalue weighted by Gasteiger charge is -2.19. The molecule has 0 saturated carbocycles. The molecule has 0 aliphatic rings. The minimum absolute atomic E-state index is 0.0479.